The normalized spacial score (nSPS) is 14.4. The molecule has 0 unspecified atom stereocenters. The van der Waals surface area contributed by atoms with Crippen molar-refractivity contribution < 1.29 is 14.3 Å². The molecule has 174 valence electrons. The highest BCUT2D eigenvalue weighted by Gasteiger charge is 2.27. The van der Waals surface area contributed by atoms with Crippen LogP contribution in [0.15, 0.2) is 66.7 Å². The second-order valence-electron chi connectivity index (χ2n) is 8.85. The van der Waals surface area contributed by atoms with Crippen molar-refractivity contribution in [2.24, 2.45) is 0 Å². The fourth-order valence-corrected chi connectivity index (χ4v) is 4.59. The van der Waals surface area contributed by atoms with Gasteiger partial charge in [0, 0.05) is 24.6 Å². The van der Waals surface area contributed by atoms with Gasteiger partial charge in [-0.05, 0) is 55.7 Å². The van der Waals surface area contributed by atoms with Crippen LogP contribution in [0.25, 0.3) is 11.0 Å². The Morgan fingerprint density at radius 2 is 1.85 bits per heavy atom. The molecule has 0 aliphatic carbocycles. The van der Waals surface area contributed by atoms with Crippen LogP contribution in [0.3, 0.4) is 0 Å². The lowest BCUT2D eigenvalue weighted by atomic mass is 9.95. The molecule has 2 heterocycles. The largest absolute Gasteiger partial charge is 0.493 e. The number of benzene rings is 3. The molecule has 3 aromatic carbocycles. The quantitative estimate of drug-likeness (QED) is 0.418. The molecule has 1 saturated heterocycles. The Hall–Kier alpha value is -3.80. The third-order valence-corrected chi connectivity index (χ3v) is 6.46. The zero-order valence-corrected chi connectivity index (χ0v) is 19.6. The van der Waals surface area contributed by atoms with E-state index in [1.54, 1.807) is 13.2 Å². The zero-order chi connectivity index (χ0) is 23.5. The summed E-state index contributed by atoms with van der Waals surface area (Å²) in [5.74, 6) is 2.57. The van der Waals surface area contributed by atoms with Crippen molar-refractivity contribution in [1.29, 1.82) is 0 Å². The van der Waals surface area contributed by atoms with Crippen LogP contribution in [0.1, 0.15) is 46.1 Å². The fourth-order valence-electron chi connectivity index (χ4n) is 4.59. The van der Waals surface area contributed by atoms with E-state index in [0.29, 0.717) is 42.7 Å². The Labute approximate surface area is 199 Å². The van der Waals surface area contributed by atoms with Crippen LogP contribution in [-0.2, 0) is 6.61 Å². The first-order valence-corrected chi connectivity index (χ1v) is 11.7. The number of imidazole rings is 1. The fraction of sp³-hybridized carbons (Fsp3) is 0.286. The van der Waals surface area contributed by atoms with Gasteiger partial charge in [-0.15, -0.1) is 0 Å². The van der Waals surface area contributed by atoms with Crippen molar-refractivity contribution in [1.82, 2.24) is 14.9 Å². The molecule has 0 saturated carbocycles. The van der Waals surface area contributed by atoms with Gasteiger partial charge in [-0.2, -0.15) is 0 Å². The number of likely N-dealkylation sites (tertiary alicyclic amines) is 1. The minimum absolute atomic E-state index is 0.0200. The van der Waals surface area contributed by atoms with Crippen molar-refractivity contribution in [3.63, 3.8) is 0 Å². The molecular weight excluding hydrogens is 426 g/mol. The lowest BCUT2D eigenvalue weighted by molar-refractivity contribution is 0.0711. The highest BCUT2D eigenvalue weighted by atomic mass is 16.5. The first kappa shape index (κ1) is 22.0. The van der Waals surface area contributed by atoms with Crippen LogP contribution in [0.2, 0.25) is 0 Å². The molecular formula is C28H29N3O3. The van der Waals surface area contributed by atoms with E-state index in [1.165, 1.54) is 5.56 Å². The molecule has 6 nitrogen and oxygen atoms in total. The van der Waals surface area contributed by atoms with Gasteiger partial charge >= 0.3 is 0 Å². The lowest BCUT2D eigenvalue weighted by Crippen LogP contribution is -2.38. The smallest absolute Gasteiger partial charge is 0.253 e. The predicted octanol–water partition coefficient (Wildman–Crippen LogP) is 5.48. The molecule has 34 heavy (non-hydrogen) atoms. The number of piperidine rings is 1. The van der Waals surface area contributed by atoms with Gasteiger partial charge in [0.05, 0.1) is 18.1 Å². The number of methoxy groups -OCH3 is 1. The maximum absolute atomic E-state index is 13.2. The molecule has 0 spiro atoms. The van der Waals surface area contributed by atoms with Crippen LogP contribution in [0, 0.1) is 6.92 Å². The molecule has 1 aromatic heterocycles. The predicted molar refractivity (Wildman–Crippen MR) is 132 cm³/mol. The average Bonchev–Trinajstić information content (AvgIpc) is 3.31. The molecule has 0 radical (unpaired) electrons. The van der Waals surface area contributed by atoms with Gasteiger partial charge in [-0.1, -0.05) is 42.0 Å². The van der Waals surface area contributed by atoms with Gasteiger partial charge in [0.15, 0.2) is 11.5 Å². The third-order valence-electron chi connectivity index (χ3n) is 6.46. The Bertz CT molecular complexity index is 1270. The molecule has 4 aromatic rings. The summed E-state index contributed by atoms with van der Waals surface area (Å²) >= 11 is 0. The minimum atomic E-state index is 0.0200. The molecule has 0 atom stereocenters. The molecule has 6 heteroatoms. The number of H-pyrrole nitrogens is 1. The highest BCUT2D eigenvalue weighted by molar-refractivity contribution is 5.95. The second kappa shape index (κ2) is 9.59. The van der Waals surface area contributed by atoms with Crippen LogP contribution in [0.4, 0.5) is 0 Å². The molecule has 1 fully saturated rings. The maximum Gasteiger partial charge on any atom is 0.253 e. The van der Waals surface area contributed by atoms with Gasteiger partial charge in [0.1, 0.15) is 12.4 Å². The first-order chi connectivity index (χ1) is 16.6. The van der Waals surface area contributed by atoms with E-state index in [1.807, 2.05) is 53.4 Å². The molecule has 5 rings (SSSR count). The minimum Gasteiger partial charge on any atom is -0.493 e. The van der Waals surface area contributed by atoms with Crippen molar-refractivity contribution in [2.45, 2.75) is 32.3 Å². The Kier molecular flexibility index (Phi) is 6.21. The molecule has 1 aliphatic rings. The molecule has 1 aliphatic heterocycles. The summed E-state index contributed by atoms with van der Waals surface area (Å²) in [6.45, 7) is 3.91. The number of hydrogen-bond acceptors (Lipinski definition) is 4. The Balaban J connectivity index is 1.22. The number of aromatic nitrogens is 2. The number of ether oxygens (including phenoxy) is 2. The number of nitrogens with one attached hydrogen (secondary N) is 1. The second-order valence-corrected chi connectivity index (χ2v) is 8.85. The summed E-state index contributed by atoms with van der Waals surface area (Å²) in [5, 5.41) is 0. The molecule has 0 bridgehead atoms. The van der Waals surface area contributed by atoms with Crippen molar-refractivity contribution in [3.8, 4) is 11.5 Å². The first-order valence-electron chi connectivity index (χ1n) is 11.7. The summed E-state index contributed by atoms with van der Waals surface area (Å²) in [7, 11) is 1.60. The summed E-state index contributed by atoms with van der Waals surface area (Å²) < 4.78 is 11.5. The van der Waals surface area contributed by atoms with Crippen molar-refractivity contribution >= 4 is 16.9 Å². The van der Waals surface area contributed by atoms with Crippen molar-refractivity contribution in [2.75, 3.05) is 20.2 Å². The average molecular weight is 456 g/mol. The Morgan fingerprint density at radius 3 is 2.62 bits per heavy atom. The number of aromatic amines is 1. The highest BCUT2D eigenvalue weighted by Crippen LogP contribution is 2.31. The van der Waals surface area contributed by atoms with Gasteiger partial charge in [-0.25, -0.2) is 4.98 Å². The molecule has 1 amide bonds. The standard InChI is InChI=1S/C28H29N3O3/c1-19-6-5-7-20(16-19)18-34-25-11-10-22(17-26(25)33-2)28(32)31-14-12-21(13-15-31)27-29-23-8-3-4-9-24(23)30-27/h3-11,16-17,21H,12-15,18H2,1-2H3,(H,29,30). The lowest BCUT2D eigenvalue weighted by Gasteiger charge is -2.31. The van der Waals surface area contributed by atoms with E-state index < -0.39 is 0 Å². The summed E-state index contributed by atoms with van der Waals surface area (Å²) in [5.41, 5.74) is 4.95. The van der Waals surface area contributed by atoms with Crippen LogP contribution in [-0.4, -0.2) is 41.0 Å². The van der Waals surface area contributed by atoms with Crippen LogP contribution >= 0.6 is 0 Å². The number of aryl methyl sites for hydroxylation is 1. The number of fused-ring (bicyclic) bond motifs is 1. The van der Waals surface area contributed by atoms with Crippen LogP contribution in [0.5, 0.6) is 11.5 Å². The number of para-hydroxylation sites is 2. The number of carbonyl (C=O) groups excluding carboxylic acids is 1. The Morgan fingerprint density at radius 1 is 1.03 bits per heavy atom. The number of carbonyl (C=O) groups is 1. The van der Waals surface area contributed by atoms with Gasteiger partial charge in [0.2, 0.25) is 0 Å². The van der Waals surface area contributed by atoms with E-state index in [9.17, 15) is 4.79 Å². The van der Waals surface area contributed by atoms with E-state index in [0.717, 1.165) is 35.3 Å². The summed E-state index contributed by atoms with van der Waals surface area (Å²) in [6, 6.07) is 21.7. The SMILES string of the molecule is COc1cc(C(=O)N2CCC(c3nc4ccccc4[nH]3)CC2)ccc1OCc1cccc(C)c1. The number of rotatable bonds is 6. The van der Waals surface area contributed by atoms with Crippen LogP contribution < -0.4 is 9.47 Å². The number of nitrogens with zero attached hydrogens (tertiary/aromatic N) is 2. The van der Waals surface area contributed by atoms with E-state index in [-0.39, 0.29) is 5.91 Å². The van der Waals surface area contributed by atoms with Gasteiger partial charge in [0.25, 0.3) is 5.91 Å². The number of amides is 1. The number of hydrogen-bond donors (Lipinski definition) is 1. The van der Waals surface area contributed by atoms with Crippen molar-refractivity contribution in [3.05, 3.63) is 89.2 Å². The zero-order valence-electron chi connectivity index (χ0n) is 19.6. The topological polar surface area (TPSA) is 67.5 Å². The van der Waals surface area contributed by atoms with E-state index >= 15 is 0 Å². The van der Waals surface area contributed by atoms with E-state index in [2.05, 4.69) is 24.0 Å². The summed E-state index contributed by atoms with van der Waals surface area (Å²) in [4.78, 5) is 23.3. The van der Waals surface area contributed by atoms with E-state index in [4.69, 9.17) is 14.5 Å². The molecule has 1 N–H and O–H groups in total. The van der Waals surface area contributed by atoms with Gasteiger partial charge in [-0.3, -0.25) is 4.79 Å². The maximum atomic E-state index is 13.2. The summed E-state index contributed by atoms with van der Waals surface area (Å²) in [6.07, 6.45) is 1.78. The third kappa shape index (κ3) is 4.62. The van der Waals surface area contributed by atoms with Gasteiger partial charge < -0.3 is 19.4 Å². The monoisotopic (exact) mass is 455 g/mol.